The van der Waals surface area contributed by atoms with Crippen LogP contribution in [0.25, 0.3) is 0 Å². The number of nitrogens with one attached hydrogen (secondary N) is 2. The molecule has 11 nitrogen and oxygen atoms in total. The second kappa shape index (κ2) is 11.0. The molecular weight excluding hydrogens is 474 g/mol. The van der Waals surface area contributed by atoms with Gasteiger partial charge in [-0.2, -0.15) is 15.0 Å². The number of rotatable bonds is 4. The highest BCUT2D eigenvalue weighted by atomic mass is 35.5. The molecule has 3 heterocycles. The molecule has 0 unspecified atom stereocenters. The Morgan fingerprint density at radius 2 is 1.09 bits per heavy atom. The van der Waals surface area contributed by atoms with Crippen molar-refractivity contribution in [2.75, 3.05) is 36.0 Å². The molecule has 0 atom stereocenters. The quantitative estimate of drug-likeness (QED) is 0.625. The van der Waals surface area contributed by atoms with Crippen LogP contribution in [-0.4, -0.2) is 76.6 Å². The highest BCUT2D eigenvalue weighted by molar-refractivity contribution is 6.28. The van der Waals surface area contributed by atoms with Crippen molar-refractivity contribution >= 4 is 35.7 Å². The van der Waals surface area contributed by atoms with Crippen LogP contribution in [0.2, 0.25) is 5.28 Å². The van der Waals surface area contributed by atoms with Gasteiger partial charge in [-0.25, -0.2) is 9.59 Å². The number of anilines is 2. The average molecular weight is 512 g/mol. The van der Waals surface area contributed by atoms with Crippen molar-refractivity contribution in [2.45, 2.75) is 90.5 Å². The Kier molecular flexibility index (Phi) is 8.50. The predicted molar refractivity (Wildman–Crippen MR) is 134 cm³/mol. The van der Waals surface area contributed by atoms with Crippen LogP contribution in [0.15, 0.2) is 0 Å². The van der Waals surface area contributed by atoms with Crippen molar-refractivity contribution in [3.63, 3.8) is 0 Å². The van der Waals surface area contributed by atoms with Gasteiger partial charge in [0.05, 0.1) is 0 Å². The van der Waals surface area contributed by atoms with Crippen molar-refractivity contribution in [1.29, 1.82) is 0 Å². The Labute approximate surface area is 212 Å². The first kappa shape index (κ1) is 27.0. The number of piperidine rings is 2. The average Bonchev–Trinajstić information content (AvgIpc) is 2.71. The zero-order valence-corrected chi connectivity index (χ0v) is 22.3. The molecule has 1 aromatic heterocycles. The lowest BCUT2D eigenvalue weighted by atomic mass is 10.1. The van der Waals surface area contributed by atoms with E-state index in [1.165, 1.54) is 0 Å². The van der Waals surface area contributed by atoms with Crippen molar-refractivity contribution in [2.24, 2.45) is 0 Å². The molecule has 1 aromatic rings. The molecule has 2 N–H and O–H groups in total. The molecule has 0 aliphatic carbocycles. The van der Waals surface area contributed by atoms with E-state index in [2.05, 4.69) is 35.4 Å². The summed E-state index contributed by atoms with van der Waals surface area (Å²) in [4.78, 5) is 41.6. The van der Waals surface area contributed by atoms with Gasteiger partial charge in [0.25, 0.3) is 0 Å². The molecule has 0 aromatic carbocycles. The first-order valence-electron chi connectivity index (χ1n) is 12.2. The molecular formula is C23H38ClN7O4. The Bertz CT molecular complexity index is 819. The minimum Gasteiger partial charge on any atom is -0.444 e. The summed E-state index contributed by atoms with van der Waals surface area (Å²) in [5, 5.41) is 6.02. The second-order valence-electron chi connectivity index (χ2n) is 11.0. The highest BCUT2D eigenvalue weighted by Gasteiger charge is 2.28. The molecule has 12 heteroatoms. The Hall–Kier alpha value is -2.56. The number of hydrogen-bond donors (Lipinski definition) is 2. The van der Waals surface area contributed by atoms with E-state index in [4.69, 9.17) is 21.1 Å². The van der Waals surface area contributed by atoms with Gasteiger partial charge in [0.1, 0.15) is 11.2 Å². The number of alkyl carbamates (subject to hydrolysis) is 2. The smallest absolute Gasteiger partial charge is 0.407 e. The lowest BCUT2D eigenvalue weighted by Crippen LogP contribution is -2.47. The van der Waals surface area contributed by atoms with Crippen molar-refractivity contribution in [1.82, 2.24) is 25.6 Å². The van der Waals surface area contributed by atoms with Gasteiger partial charge in [-0.1, -0.05) is 0 Å². The number of aromatic nitrogens is 3. The molecule has 2 fully saturated rings. The summed E-state index contributed by atoms with van der Waals surface area (Å²) in [5.41, 5.74) is -1.05. The van der Waals surface area contributed by atoms with E-state index in [-0.39, 0.29) is 17.4 Å². The Morgan fingerprint density at radius 1 is 0.743 bits per heavy atom. The molecule has 2 aliphatic heterocycles. The fourth-order valence-corrected chi connectivity index (χ4v) is 4.16. The molecule has 0 radical (unpaired) electrons. The predicted octanol–water partition coefficient (Wildman–Crippen LogP) is 3.51. The first-order chi connectivity index (χ1) is 16.3. The fourth-order valence-electron chi connectivity index (χ4n) is 4.01. The fraction of sp³-hybridized carbons (Fsp3) is 0.783. The number of ether oxygens (including phenoxy) is 2. The van der Waals surface area contributed by atoms with Crippen molar-refractivity contribution in [3.05, 3.63) is 5.28 Å². The van der Waals surface area contributed by atoms with Gasteiger partial charge in [-0.15, -0.1) is 0 Å². The maximum Gasteiger partial charge on any atom is 0.407 e. The summed E-state index contributed by atoms with van der Waals surface area (Å²) in [7, 11) is 0. The van der Waals surface area contributed by atoms with E-state index < -0.39 is 23.4 Å². The summed E-state index contributed by atoms with van der Waals surface area (Å²) in [6.45, 7) is 13.8. The first-order valence-corrected chi connectivity index (χ1v) is 12.6. The highest BCUT2D eigenvalue weighted by Crippen LogP contribution is 2.23. The third-order valence-electron chi connectivity index (χ3n) is 5.58. The summed E-state index contributed by atoms with van der Waals surface area (Å²) in [5.74, 6) is 1.06. The monoisotopic (exact) mass is 511 g/mol. The van der Waals surface area contributed by atoms with Crippen LogP contribution in [-0.2, 0) is 9.47 Å². The van der Waals surface area contributed by atoms with Crippen LogP contribution in [0.5, 0.6) is 0 Å². The normalized spacial score (nSPS) is 18.3. The van der Waals surface area contributed by atoms with E-state index >= 15 is 0 Å². The van der Waals surface area contributed by atoms with Crippen molar-refractivity contribution < 1.29 is 19.1 Å². The van der Waals surface area contributed by atoms with Gasteiger partial charge in [0.2, 0.25) is 17.2 Å². The van der Waals surface area contributed by atoms with Crippen LogP contribution < -0.4 is 20.4 Å². The third kappa shape index (κ3) is 8.87. The van der Waals surface area contributed by atoms with Gasteiger partial charge in [0, 0.05) is 38.3 Å². The topological polar surface area (TPSA) is 122 Å². The Morgan fingerprint density at radius 3 is 1.40 bits per heavy atom. The third-order valence-corrected chi connectivity index (χ3v) is 5.75. The van der Waals surface area contributed by atoms with E-state index in [0.29, 0.717) is 38.1 Å². The number of carbonyl (C=O) groups excluding carboxylic acids is 2. The Balaban J connectivity index is 1.52. The number of amides is 2. The minimum absolute atomic E-state index is 0.0365. The van der Waals surface area contributed by atoms with E-state index in [9.17, 15) is 9.59 Å². The molecule has 0 saturated carbocycles. The maximum atomic E-state index is 12.1. The number of halogens is 1. The lowest BCUT2D eigenvalue weighted by molar-refractivity contribution is 0.0485. The summed E-state index contributed by atoms with van der Waals surface area (Å²) in [6, 6.07) is 0.0729. The molecule has 2 aliphatic rings. The molecule has 3 rings (SSSR count). The summed E-state index contributed by atoms with van der Waals surface area (Å²) < 4.78 is 10.7. The standard InChI is InChI=1S/C23H38ClN7O4/c1-22(2,3)34-20(32)25-15-7-11-30(12-8-15)18-27-17(24)28-19(29-18)31-13-9-16(10-14-31)26-21(33)35-23(4,5)6/h15-16H,7-14H2,1-6H3,(H,25,32)(H,26,33). The molecule has 0 bridgehead atoms. The molecule has 196 valence electrons. The van der Waals surface area contributed by atoms with E-state index in [1.54, 1.807) is 0 Å². The van der Waals surface area contributed by atoms with Crippen LogP contribution >= 0.6 is 11.6 Å². The minimum atomic E-state index is -0.525. The molecule has 2 saturated heterocycles. The van der Waals surface area contributed by atoms with Gasteiger partial charge < -0.3 is 29.9 Å². The number of carbonyl (C=O) groups is 2. The van der Waals surface area contributed by atoms with Gasteiger partial charge in [0.15, 0.2) is 0 Å². The summed E-state index contributed by atoms with van der Waals surface area (Å²) in [6.07, 6.45) is 2.20. The van der Waals surface area contributed by atoms with E-state index in [0.717, 1.165) is 25.7 Å². The molecule has 0 spiro atoms. The number of nitrogens with zero attached hydrogens (tertiary/aromatic N) is 5. The molecule has 35 heavy (non-hydrogen) atoms. The molecule has 2 amide bonds. The maximum absolute atomic E-state index is 12.1. The van der Waals surface area contributed by atoms with Crippen LogP contribution in [0, 0.1) is 0 Å². The number of hydrogen-bond acceptors (Lipinski definition) is 9. The van der Waals surface area contributed by atoms with Gasteiger partial charge >= 0.3 is 12.2 Å². The van der Waals surface area contributed by atoms with Gasteiger partial charge in [-0.3, -0.25) is 0 Å². The lowest BCUT2D eigenvalue weighted by Gasteiger charge is -2.34. The zero-order chi connectivity index (χ0) is 25.8. The van der Waals surface area contributed by atoms with Crippen LogP contribution in [0.3, 0.4) is 0 Å². The second-order valence-corrected chi connectivity index (χ2v) is 11.4. The van der Waals surface area contributed by atoms with Gasteiger partial charge in [-0.05, 0) is 78.8 Å². The zero-order valence-electron chi connectivity index (χ0n) is 21.6. The SMILES string of the molecule is CC(C)(C)OC(=O)NC1CCN(c2nc(Cl)nc(N3CCC(NC(=O)OC(C)(C)C)CC3)n2)CC1. The van der Waals surface area contributed by atoms with Crippen molar-refractivity contribution in [3.8, 4) is 0 Å². The van der Waals surface area contributed by atoms with E-state index in [1.807, 2.05) is 41.5 Å². The summed E-state index contributed by atoms with van der Waals surface area (Å²) >= 11 is 6.24. The largest absolute Gasteiger partial charge is 0.444 e. The van der Waals surface area contributed by atoms with Crippen LogP contribution in [0.1, 0.15) is 67.2 Å². The van der Waals surface area contributed by atoms with Crippen LogP contribution in [0.4, 0.5) is 21.5 Å².